The number of ether oxygens (including phenoxy) is 4. The maximum absolute atomic E-state index is 12.6. The summed E-state index contributed by atoms with van der Waals surface area (Å²) in [6.45, 7) is 2.26. The van der Waals surface area contributed by atoms with Crippen molar-refractivity contribution in [2.75, 3.05) is 33.4 Å². The molecule has 0 aliphatic carbocycles. The monoisotopic (exact) mass is 460 g/mol. The van der Waals surface area contributed by atoms with Gasteiger partial charge in [-0.2, -0.15) is 22.8 Å². The minimum absolute atomic E-state index is 0.100. The predicted octanol–water partition coefficient (Wildman–Crippen LogP) is 4.60. The van der Waals surface area contributed by atoms with Gasteiger partial charge in [-0.05, 0) is 55.0 Å². The molecule has 0 aliphatic rings. The maximum atomic E-state index is 12.6. The van der Waals surface area contributed by atoms with Gasteiger partial charge in [-0.1, -0.05) is 0 Å². The molecule has 0 radical (unpaired) electrons. The molecule has 0 saturated carbocycles. The molecule has 0 heterocycles. The van der Waals surface area contributed by atoms with Crippen molar-refractivity contribution in [1.82, 2.24) is 0 Å². The Balaban J connectivity index is 0.00000151. The summed E-state index contributed by atoms with van der Waals surface area (Å²) in [5, 5.41) is 0. The Morgan fingerprint density at radius 1 is 1.06 bits per heavy atom. The number of hydrogen-bond acceptors (Lipinski definition) is 7. The van der Waals surface area contributed by atoms with Gasteiger partial charge in [0.15, 0.2) is 0 Å². The zero-order valence-electron chi connectivity index (χ0n) is 17.2. The first kappa shape index (κ1) is 26.5. The molecule has 170 valence electrons. The quantitative estimate of drug-likeness (QED) is 0.379. The van der Waals surface area contributed by atoms with Gasteiger partial charge >= 0.3 is 12.3 Å². The average Bonchev–Trinajstić information content (AvgIpc) is 2.73. The minimum Gasteiger partial charge on any atom is -0.496 e. The smallest absolute Gasteiger partial charge is 0.416 e. The Morgan fingerprint density at radius 3 is 2.23 bits per heavy atom. The predicted molar refractivity (Wildman–Crippen MR) is 107 cm³/mol. The van der Waals surface area contributed by atoms with Crippen LogP contribution in [0.25, 0.3) is 0 Å². The molecule has 0 amide bonds. The summed E-state index contributed by atoms with van der Waals surface area (Å²) in [7, 11) is 3.15. The van der Waals surface area contributed by atoms with E-state index in [4.69, 9.17) is 28.5 Å². The van der Waals surface area contributed by atoms with Crippen LogP contribution in [0.1, 0.15) is 11.1 Å². The number of carbonyl (C=O) groups excluding carboxylic acids is 2. The van der Waals surface area contributed by atoms with Gasteiger partial charge in [0.1, 0.15) is 31.0 Å². The lowest BCUT2D eigenvalue weighted by Gasteiger charge is -2.18. The molecule has 31 heavy (non-hydrogen) atoms. The topological polar surface area (TPSA) is 71.1 Å². The second-order valence-electron chi connectivity index (χ2n) is 6.05. The first-order valence-corrected chi connectivity index (χ1v) is 9.91. The van der Waals surface area contributed by atoms with E-state index < -0.39 is 11.7 Å². The molecule has 2 aromatic rings. The van der Waals surface area contributed by atoms with Crippen LogP contribution < -0.4 is 9.47 Å². The van der Waals surface area contributed by atoms with Crippen LogP contribution in [0.2, 0.25) is 0 Å². The molecule has 0 spiro atoms. The summed E-state index contributed by atoms with van der Waals surface area (Å²) in [5.74, 6) is 1.77. The lowest BCUT2D eigenvalue weighted by Crippen LogP contribution is -2.25. The highest BCUT2D eigenvalue weighted by Crippen LogP contribution is 2.30. The van der Waals surface area contributed by atoms with Crippen LogP contribution in [0.3, 0.4) is 0 Å². The number of alkyl halides is 3. The van der Waals surface area contributed by atoms with E-state index in [-0.39, 0.29) is 25.7 Å². The standard InChI is InChI=1S/C20H23F3O4S.CO2/c1-14-10-18(8-9-19(14)25-3)28-12-17(27-13-24-2)11-26-16-6-4-15(5-7-16)20(21,22)23;2-1-3/h4-10,17H,11-13H2,1-3H3;/t17-;/m1./s1. The zero-order chi connectivity index (χ0) is 23.3. The fraction of sp³-hybridized carbons (Fsp3) is 0.381. The van der Waals surface area contributed by atoms with Crippen LogP contribution in [-0.2, 0) is 25.2 Å². The summed E-state index contributed by atoms with van der Waals surface area (Å²) in [6, 6.07) is 10.5. The van der Waals surface area contributed by atoms with Gasteiger partial charge in [-0.25, -0.2) is 0 Å². The van der Waals surface area contributed by atoms with Crippen molar-refractivity contribution >= 4 is 17.9 Å². The van der Waals surface area contributed by atoms with Crippen LogP contribution >= 0.6 is 11.8 Å². The molecule has 0 bridgehead atoms. The van der Waals surface area contributed by atoms with Gasteiger partial charge in [0.25, 0.3) is 0 Å². The normalized spacial score (nSPS) is 11.7. The number of benzene rings is 2. The van der Waals surface area contributed by atoms with E-state index >= 15 is 0 Å². The Hall–Kier alpha value is -2.52. The van der Waals surface area contributed by atoms with E-state index in [0.29, 0.717) is 11.5 Å². The van der Waals surface area contributed by atoms with Gasteiger partial charge < -0.3 is 18.9 Å². The third-order valence-electron chi connectivity index (χ3n) is 3.84. The van der Waals surface area contributed by atoms with Gasteiger partial charge in [0.2, 0.25) is 0 Å². The molecule has 1 atom stereocenters. The van der Waals surface area contributed by atoms with Crippen molar-refractivity contribution in [3.8, 4) is 11.5 Å². The largest absolute Gasteiger partial charge is 0.496 e. The fourth-order valence-electron chi connectivity index (χ4n) is 2.37. The van der Waals surface area contributed by atoms with E-state index in [1.165, 1.54) is 19.2 Å². The Morgan fingerprint density at radius 2 is 1.71 bits per heavy atom. The highest BCUT2D eigenvalue weighted by molar-refractivity contribution is 7.99. The highest BCUT2D eigenvalue weighted by atomic mass is 32.2. The number of rotatable bonds is 10. The van der Waals surface area contributed by atoms with Crippen molar-refractivity contribution in [3.05, 3.63) is 53.6 Å². The highest BCUT2D eigenvalue weighted by Gasteiger charge is 2.30. The molecule has 0 fully saturated rings. The first-order chi connectivity index (χ1) is 14.7. The van der Waals surface area contributed by atoms with Crippen molar-refractivity contribution in [1.29, 1.82) is 0 Å². The number of methoxy groups -OCH3 is 2. The SMILES string of the molecule is COCO[C@H](COc1ccc(C(F)(F)F)cc1)CSc1ccc(OC)c(C)c1.O=C=O. The van der Waals surface area contributed by atoms with E-state index in [2.05, 4.69) is 0 Å². The van der Waals surface area contributed by atoms with E-state index in [1.807, 2.05) is 25.1 Å². The van der Waals surface area contributed by atoms with Crippen molar-refractivity contribution in [2.24, 2.45) is 0 Å². The molecular formula is C21H23F3O6S. The van der Waals surface area contributed by atoms with Gasteiger partial charge in [-0.15, -0.1) is 11.8 Å². The summed E-state index contributed by atoms with van der Waals surface area (Å²) < 4.78 is 59.3. The van der Waals surface area contributed by atoms with Crippen LogP contribution in [0, 0.1) is 6.92 Å². The third-order valence-corrected chi connectivity index (χ3v) is 4.97. The molecule has 6 nitrogen and oxygen atoms in total. The summed E-state index contributed by atoms with van der Waals surface area (Å²) in [6.07, 6.45) is -4.41. The lowest BCUT2D eigenvalue weighted by molar-refractivity contribution is -0.191. The summed E-state index contributed by atoms with van der Waals surface area (Å²) in [5.41, 5.74) is 0.320. The number of aryl methyl sites for hydroxylation is 1. The fourth-order valence-corrected chi connectivity index (χ4v) is 3.36. The van der Waals surface area contributed by atoms with E-state index in [9.17, 15) is 13.2 Å². The summed E-state index contributed by atoms with van der Waals surface area (Å²) >= 11 is 1.59. The molecule has 0 saturated heterocycles. The third kappa shape index (κ3) is 9.89. The Kier molecular flexibility index (Phi) is 11.7. The van der Waals surface area contributed by atoms with Crippen molar-refractivity contribution in [2.45, 2.75) is 24.1 Å². The molecule has 0 N–H and O–H groups in total. The van der Waals surface area contributed by atoms with Crippen LogP contribution in [0.4, 0.5) is 13.2 Å². The molecule has 2 aromatic carbocycles. The molecular weight excluding hydrogens is 437 g/mol. The number of halogens is 3. The Labute approximate surface area is 182 Å². The average molecular weight is 460 g/mol. The maximum Gasteiger partial charge on any atom is 0.416 e. The summed E-state index contributed by atoms with van der Waals surface area (Å²) in [4.78, 5) is 17.3. The molecule has 0 aliphatic heterocycles. The van der Waals surface area contributed by atoms with Crippen molar-refractivity contribution < 1.29 is 41.7 Å². The lowest BCUT2D eigenvalue weighted by atomic mass is 10.2. The minimum atomic E-state index is -4.37. The second-order valence-corrected chi connectivity index (χ2v) is 7.15. The Bertz CT molecular complexity index is 821. The molecule has 0 aromatic heterocycles. The van der Waals surface area contributed by atoms with E-state index in [0.717, 1.165) is 28.3 Å². The van der Waals surface area contributed by atoms with E-state index in [1.54, 1.807) is 18.9 Å². The second kappa shape index (κ2) is 13.7. The van der Waals surface area contributed by atoms with Gasteiger partial charge in [0.05, 0.1) is 12.7 Å². The van der Waals surface area contributed by atoms with Gasteiger partial charge in [-0.3, -0.25) is 0 Å². The molecule has 10 heteroatoms. The van der Waals surface area contributed by atoms with Crippen LogP contribution in [-0.4, -0.2) is 45.6 Å². The first-order valence-electron chi connectivity index (χ1n) is 8.92. The number of hydrogen-bond donors (Lipinski definition) is 0. The molecule has 2 rings (SSSR count). The van der Waals surface area contributed by atoms with Crippen molar-refractivity contribution in [3.63, 3.8) is 0 Å². The zero-order valence-corrected chi connectivity index (χ0v) is 18.0. The van der Waals surface area contributed by atoms with Crippen LogP contribution in [0.5, 0.6) is 11.5 Å². The van der Waals surface area contributed by atoms with Crippen LogP contribution in [0.15, 0.2) is 47.4 Å². The number of thioether (sulfide) groups is 1. The molecule has 0 unspecified atom stereocenters. The van der Waals surface area contributed by atoms with Gasteiger partial charge in [0, 0.05) is 17.8 Å².